The van der Waals surface area contributed by atoms with Crippen molar-refractivity contribution in [2.24, 2.45) is 5.92 Å². The molecule has 3 nitrogen and oxygen atoms in total. The molecule has 1 aliphatic rings. The Morgan fingerprint density at radius 2 is 1.90 bits per heavy atom. The van der Waals surface area contributed by atoms with Gasteiger partial charge in [0.2, 0.25) is 5.91 Å². The van der Waals surface area contributed by atoms with Crippen LogP contribution in [0.3, 0.4) is 0 Å². The van der Waals surface area contributed by atoms with Gasteiger partial charge in [0.05, 0.1) is 0 Å². The van der Waals surface area contributed by atoms with Crippen LogP contribution in [0.2, 0.25) is 5.02 Å². The maximum absolute atomic E-state index is 11.3. The molecule has 2 rings (SSSR count). The fourth-order valence-corrected chi connectivity index (χ4v) is 2.82. The first-order valence-electron chi connectivity index (χ1n) is 7.23. The normalized spacial score (nSPS) is 17.1. The number of hydrogen-bond donors (Lipinski definition) is 0. The van der Waals surface area contributed by atoms with Crippen molar-refractivity contribution >= 4 is 17.5 Å². The van der Waals surface area contributed by atoms with Crippen LogP contribution in [0.5, 0.6) is 0 Å². The summed E-state index contributed by atoms with van der Waals surface area (Å²) in [4.78, 5) is 15.6. The maximum atomic E-state index is 11.3. The third-order valence-corrected chi connectivity index (χ3v) is 4.35. The molecule has 0 unspecified atom stereocenters. The number of carbonyl (C=O) groups is 1. The van der Waals surface area contributed by atoms with Crippen LogP contribution < -0.4 is 0 Å². The molecule has 1 aromatic carbocycles. The molecule has 1 aromatic rings. The largest absolute Gasteiger partial charge is 0.346 e. The Balaban J connectivity index is 1.76. The van der Waals surface area contributed by atoms with Crippen molar-refractivity contribution < 1.29 is 4.79 Å². The zero-order valence-corrected chi connectivity index (χ0v) is 13.1. The Morgan fingerprint density at radius 3 is 2.45 bits per heavy atom. The van der Waals surface area contributed by atoms with Crippen LogP contribution in [0.1, 0.15) is 25.3 Å². The molecule has 1 saturated heterocycles. The average molecular weight is 295 g/mol. The zero-order valence-electron chi connectivity index (χ0n) is 12.3. The number of rotatable bonds is 4. The minimum Gasteiger partial charge on any atom is -0.346 e. The highest BCUT2D eigenvalue weighted by atomic mass is 35.5. The van der Waals surface area contributed by atoms with Gasteiger partial charge in [0.1, 0.15) is 0 Å². The Labute approximate surface area is 126 Å². The van der Waals surface area contributed by atoms with E-state index < -0.39 is 0 Å². The summed E-state index contributed by atoms with van der Waals surface area (Å²) in [7, 11) is 1.89. The Kier molecular flexibility index (Phi) is 5.44. The fourth-order valence-electron chi connectivity index (χ4n) is 2.69. The molecule has 4 heteroatoms. The highest BCUT2D eigenvalue weighted by Gasteiger charge is 2.21. The molecule has 0 saturated carbocycles. The predicted molar refractivity (Wildman–Crippen MR) is 82.8 cm³/mol. The molecule has 1 fully saturated rings. The van der Waals surface area contributed by atoms with Crippen molar-refractivity contribution in [2.75, 3.05) is 26.7 Å². The first-order chi connectivity index (χ1) is 9.54. The number of carbonyl (C=O) groups excluding carboxylic acids is 1. The van der Waals surface area contributed by atoms with E-state index in [4.69, 9.17) is 11.6 Å². The number of nitrogens with zero attached hydrogens (tertiary/aromatic N) is 2. The van der Waals surface area contributed by atoms with E-state index in [9.17, 15) is 4.79 Å². The smallest absolute Gasteiger partial charge is 0.219 e. The van der Waals surface area contributed by atoms with Gasteiger partial charge in [0.15, 0.2) is 0 Å². The molecule has 0 atom stereocenters. The van der Waals surface area contributed by atoms with Crippen LogP contribution >= 0.6 is 11.6 Å². The Hall–Kier alpha value is -1.06. The van der Waals surface area contributed by atoms with Crippen LogP contribution in [0.4, 0.5) is 0 Å². The molecule has 1 amide bonds. The monoisotopic (exact) mass is 294 g/mol. The topological polar surface area (TPSA) is 23.6 Å². The summed E-state index contributed by atoms with van der Waals surface area (Å²) in [5.41, 5.74) is 1.31. The molecule has 1 aliphatic heterocycles. The standard InChI is InChI=1S/C16H23ClN2O/c1-13(20)18(2)11-15-7-9-19(10-8-15)12-14-3-5-16(17)6-4-14/h3-6,15H,7-12H2,1-2H3. The summed E-state index contributed by atoms with van der Waals surface area (Å²) >= 11 is 5.90. The molecule has 0 aromatic heterocycles. The number of hydrogen-bond acceptors (Lipinski definition) is 2. The van der Waals surface area contributed by atoms with E-state index in [0.717, 1.165) is 31.2 Å². The zero-order chi connectivity index (χ0) is 14.5. The van der Waals surface area contributed by atoms with Gasteiger partial charge in [-0.15, -0.1) is 0 Å². The quantitative estimate of drug-likeness (QED) is 0.852. The maximum Gasteiger partial charge on any atom is 0.219 e. The average Bonchev–Trinajstić information content (AvgIpc) is 2.43. The number of piperidine rings is 1. The van der Waals surface area contributed by atoms with Crippen LogP contribution in [-0.4, -0.2) is 42.4 Å². The first kappa shape index (κ1) is 15.3. The highest BCUT2D eigenvalue weighted by Crippen LogP contribution is 2.20. The second-order valence-corrected chi connectivity index (χ2v) is 6.18. The molecule has 20 heavy (non-hydrogen) atoms. The van der Waals surface area contributed by atoms with E-state index in [1.807, 2.05) is 24.1 Å². The fraction of sp³-hybridized carbons (Fsp3) is 0.562. The van der Waals surface area contributed by atoms with Crippen molar-refractivity contribution in [3.8, 4) is 0 Å². The van der Waals surface area contributed by atoms with Crippen molar-refractivity contribution in [1.29, 1.82) is 0 Å². The molecule has 1 heterocycles. The van der Waals surface area contributed by atoms with Gasteiger partial charge in [-0.1, -0.05) is 23.7 Å². The van der Waals surface area contributed by atoms with Gasteiger partial charge in [-0.05, 0) is 49.5 Å². The lowest BCUT2D eigenvalue weighted by molar-refractivity contribution is -0.128. The summed E-state index contributed by atoms with van der Waals surface area (Å²) < 4.78 is 0. The van der Waals surface area contributed by atoms with Crippen LogP contribution in [0.25, 0.3) is 0 Å². The van der Waals surface area contributed by atoms with Crippen molar-refractivity contribution in [3.63, 3.8) is 0 Å². The molecule has 0 aliphatic carbocycles. The number of amides is 1. The summed E-state index contributed by atoms with van der Waals surface area (Å²) in [5, 5.41) is 0.791. The lowest BCUT2D eigenvalue weighted by atomic mass is 9.96. The predicted octanol–water partition coefficient (Wildman–Crippen LogP) is 3.03. The highest BCUT2D eigenvalue weighted by molar-refractivity contribution is 6.30. The van der Waals surface area contributed by atoms with Gasteiger partial charge < -0.3 is 4.90 Å². The van der Waals surface area contributed by atoms with Gasteiger partial charge in [-0.25, -0.2) is 0 Å². The number of likely N-dealkylation sites (tertiary alicyclic amines) is 1. The second-order valence-electron chi connectivity index (χ2n) is 5.75. The summed E-state index contributed by atoms with van der Waals surface area (Å²) in [6, 6.07) is 8.09. The van der Waals surface area contributed by atoms with Crippen molar-refractivity contribution in [1.82, 2.24) is 9.80 Å². The van der Waals surface area contributed by atoms with E-state index in [0.29, 0.717) is 5.92 Å². The molecular weight excluding hydrogens is 272 g/mol. The van der Waals surface area contributed by atoms with Gasteiger partial charge in [0.25, 0.3) is 0 Å². The van der Waals surface area contributed by atoms with E-state index in [-0.39, 0.29) is 5.91 Å². The summed E-state index contributed by atoms with van der Waals surface area (Å²) in [6.45, 7) is 5.74. The summed E-state index contributed by atoms with van der Waals surface area (Å²) in [6.07, 6.45) is 2.34. The second kappa shape index (κ2) is 7.09. The van der Waals surface area contributed by atoms with Crippen LogP contribution in [-0.2, 0) is 11.3 Å². The Morgan fingerprint density at radius 1 is 1.30 bits per heavy atom. The van der Waals surface area contributed by atoms with Crippen molar-refractivity contribution in [2.45, 2.75) is 26.3 Å². The Bertz CT molecular complexity index is 438. The van der Waals surface area contributed by atoms with Gasteiger partial charge in [-0.2, -0.15) is 0 Å². The van der Waals surface area contributed by atoms with Gasteiger partial charge in [-0.3, -0.25) is 9.69 Å². The first-order valence-corrected chi connectivity index (χ1v) is 7.61. The van der Waals surface area contributed by atoms with E-state index in [2.05, 4.69) is 17.0 Å². The third-order valence-electron chi connectivity index (χ3n) is 4.10. The minimum atomic E-state index is 0.161. The van der Waals surface area contributed by atoms with E-state index in [1.165, 1.54) is 18.4 Å². The minimum absolute atomic E-state index is 0.161. The molecule has 0 radical (unpaired) electrons. The SMILES string of the molecule is CC(=O)N(C)CC1CCN(Cc2ccc(Cl)cc2)CC1. The lowest BCUT2D eigenvalue weighted by Gasteiger charge is -2.33. The number of halogens is 1. The molecule has 110 valence electrons. The van der Waals surface area contributed by atoms with Crippen LogP contribution in [0.15, 0.2) is 24.3 Å². The molecule has 0 spiro atoms. The molecular formula is C16H23ClN2O. The third kappa shape index (κ3) is 4.50. The van der Waals surface area contributed by atoms with Crippen molar-refractivity contribution in [3.05, 3.63) is 34.9 Å². The van der Waals surface area contributed by atoms with Gasteiger partial charge >= 0.3 is 0 Å². The molecule has 0 N–H and O–H groups in total. The van der Waals surface area contributed by atoms with Crippen LogP contribution in [0, 0.1) is 5.92 Å². The lowest BCUT2D eigenvalue weighted by Crippen LogP contribution is -2.38. The van der Waals surface area contributed by atoms with E-state index in [1.54, 1.807) is 6.92 Å². The van der Waals surface area contributed by atoms with Gasteiger partial charge in [0, 0.05) is 32.1 Å². The molecule has 0 bridgehead atoms. The summed E-state index contributed by atoms with van der Waals surface area (Å²) in [5.74, 6) is 0.805. The number of benzene rings is 1. The van der Waals surface area contributed by atoms with E-state index >= 15 is 0 Å².